The smallest absolute Gasteiger partial charge is 0.253 e. The number of nitrogens with zero attached hydrogens (tertiary/aromatic N) is 4. The Balaban J connectivity index is 1.29. The molecule has 0 N–H and O–H groups in total. The first-order valence-corrected chi connectivity index (χ1v) is 10.9. The Morgan fingerprint density at radius 2 is 1.73 bits per heavy atom. The van der Waals surface area contributed by atoms with Gasteiger partial charge in [0.05, 0.1) is 11.0 Å². The summed E-state index contributed by atoms with van der Waals surface area (Å²) in [6.45, 7) is 3.90. The largest absolute Gasteiger partial charge is 0.339 e. The predicted octanol–water partition coefficient (Wildman–Crippen LogP) is 3.97. The average molecular weight is 401 g/mol. The Morgan fingerprint density at radius 3 is 2.50 bits per heavy atom. The van der Waals surface area contributed by atoms with Crippen molar-refractivity contribution in [3.05, 3.63) is 72.1 Å². The molecular formula is C25H28N4O. The number of fused-ring (bicyclic) bond motifs is 1. The van der Waals surface area contributed by atoms with E-state index in [4.69, 9.17) is 0 Å². The Morgan fingerprint density at radius 1 is 1.00 bits per heavy atom. The summed E-state index contributed by atoms with van der Waals surface area (Å²) < 4.78 is 0. The summed E-state index contributed by atoms with van der Waals surface area (Å²) in [5.74, 6) is 0.687. The number of likely N-dealkylation sites (tertiary alicyclic amines) is 2. The molecule has 1 atom stereocenters. The molecule has 0 aliphatic carbocycles. The lowest BCUT2D eigenvalue weighted by atomic mass is 9.68. The van der Waals surface area contributed by atoms with E-state index in [9.17, 15) is 4.79 Å². The van der Waals surface area contributed by atoms with Crippen LogP contribution in [0.4, 0.5) is 0 Å². The SMILES string of the molecule is CN1CC(c2ccccc2)CC2(CCN(C(=O)c3ccc4nccnc4c3)CC2)C1. The van der Waals surface area contributed by atoms with Crippen LogP contribution >= 0.6 is 0 Å². The lowest BCUT2D eigenvalue weighted by molar-refractivity contribution is 0.0224. The minimum Gasteiger partial charge on any atom is -0.339 e. The van der Waals surface area contributed by atoms with Gasteiger partial charge < -0.3 is 9.80 Å². The van der Waals surface area contributed by atoms with Gasteiger partial charge in [0.25, 0.3) is 5.91 Å². The van der Waals surface area contributed by atoms with Crippen molar-refractivity contribution < 1.29 is 4.79 Å². The monoisotopic (exact) mass is 400 g/mol. The van der Waals surface area contributed by atoms with Gasteiger partial charge in [-0.25, -0.2) is 0 Å². The maximum absolute atomic E-state index is 13.1. The number of carbonyl (C=O) groups is 1. The molecule has 2 aliphatic rings. The zero-order valence-electron chi connectivity index (χ0n) is 17.5. The van der Waals surface area contributed by atoms with Crippen molar-refractivity contribution in [1.82, 2.24) is 19.8 Å². The number of rotatable bonds is 2. The van der Waals surface area contributed by atoms with Crippen LogP contribution in [-0.4, -0.2) is 58.9 Å². The second-order valence-electron chi connectivity index (χ2n) is 9.06. The van der Waals surface area contributed by atoms with E-state index < -0.39 is 0 Å². The summed E-state index contributed by atoms with van der Waals surface area (Å²) in [6.07, 6.45) is 6.70. The summed E-state index contributed by atoms with van der Waals surface area (Å²) in [7, 11) is 2.24. The topological polar surface area (TPSA) is 49.3 Å². The van der Waals surface area contributed by atoms with Crippen molar-refractivity contribution in [3.8, 4) is 0 Å². The molecule has 2 fully saturated rings. The Kier molecular flexibility index (Phi) is 4.99. The summed E-state index contributed by atoms with van der Waals surface area (Å²) in [6, 6.07) is 16.5. The standard InChI is InChI=1S/C25H28N4O/c1-28-17-21(19-5-3-2-4-6-19)16-25(18-28)9-13-29(14-10-25)24(30)20-7-8-22-23(15-20)27-12-11-26-22/h2-8,11-12,15,21H,9-10,13-14,16-18H2,1H3. The molecule has 1 spiro atoms. The molecule has 3 heterocycles. The molecule has 0 bridgehead atoms. The normalized spacial score (nSPS) is 21.8. The van der Waals surface area contributed by atoms with Gasteiger partial charge in [-0.1, -0.05) is 30.3 Å². The molecule has 0 saturated carbocycles. The van der Waals surface area contributed by atoms with E-state index in [0.717, 1.165) is 50.1 Å². The molecule has 2 aromatic carbocycles. The van der Waals surface area contributed by atoms with Gasteiger partial charge in [-0.3, -0.25) is 14.8 Å². The first kappa shape index (κ1) is 19.2. The third kappa shape index (κ3) is 3.70. The minimum absolute atomic E-state index is 0.112. The first-order chi connectivity index (χ1) is 14.6. The molecule has 2 saturated heterocycles. The minimum atomic E-state index is 0.112. The quantitative estimate of drug-likeness (QED) is 0.653. The summed E-state index contributed by atoms with van der Waals surface area (Å²) >= 11 is 0. The molecule has 1 aromatic heterocycles. The van der Waals surface area contributed by atoms with Crippen LogP contribution in [0.25, 0.3) is 11.0 Å². The summed E-state index contributed by atoms with van der Waals surface area (Å²) in [5, 5.41) is 0. The molecule has 30 heavy (non-hydrogen) atoms. The fraction of sp³-hybridized carbons (Fsp3) is 0.400. The third-order valence-corrected chi connectivity index (χ3v) is 6.92. The number of carbonyl (C=O) groups excluding carboxylic acids is 1. The second-order valence-corrected chi connectivity index (χ2v) is 9.06. The summed E-state index contributed by atoms with van der Waals surface area (Å²) in [4.78, 5) is 26.3. The van der Waals surface area contributed by atoms with Gasteiger partial charge in [-0.15, -0.1) is 0 Å². The van der Waals surface area contributed by atoms with Gasteiger partial charge in [0, 0.05) is 44.1 Å². The van der Waals surface area contributed by atoms with Gasteiger partial charge in [0.2, 0.25) is 0 Å². The highest BCUT2D eigenvalue weighted by atomic mass is 16.2. The van der Waals surface area contributed by atoms with E-state index in [1.807, 2.05) is 23.1 Å². The van der Waals surface area contributed by atoms with Crippen LogP contribution in [0.3, 0.4) is 0 Å². The maximum Gasteiger partial charge on any atom is 0.253 e. The van der Waals surface area contributed by atoms with Crippen molar-refractivity contribution in [2.24, 2.45) is 5.41 Å². The zero-order valence-corrected chi connectivity index (χ0v) is 17.5. The fourth-order valence-corrected chi connectivity index (χ4v) is 5.44. The molecule has 154 valence electrons. The number of piperidine rings is 2. The number of hydrogen-bond donors (Lipinski definition) is 0. The van der Waals surface area contributed by atoms with Gasteiger partial charge in [-0.2, -0.15) is 0 Å². The molecule has 2 aliphatic heterocycles. The second kappa shape index (κ2) is 7.80. The van der Waals surface area contributed by atoms with Crippen LogP contribution < -0.4 is 0 Å². The average Bonchev–Trinajstić information content (AvgIpc) is 2.79. The number of likely N-dealkylation sites (N-methyl/N-ethyl adjacent to an activating group) is 1. The van der Waals surface area contributed by atoms with Crippen LogP contribution in [-0.2, 0) is 0 Å². The van der Waals surface area contributed by atoms with Crippen LogP contribution in [0, 0.1) is 5.41 Å². The molecular weight excluding hydrogens is 372 g/mol. The third-order valence-electron chi connectivity index (χ3n) is 6.92. The van der Waals surface area contributed by atoms with Crippen LogP contribution in [0.15, 0.2) is 60.9 Å². The Labute approximate surface area is 177 Å². The van der Waals surface area contributed by atoms with E-state index in [1.165, 1.54) is 12.0 Å². The summed E-state index contributed by atoms with van der Waals surface area (Å²) in [5.41, 5.74) is 4.06. The van der Waals surface area contributed by atoms with E-state index >= 15 is 0 Å². The number of hydrogen-bond acceptors (Lipinski definition) is 4. The molecule has 5 nitrogen and oxygen atoms in total. The lowest BCUT2D eigenvalue weighted by Crippen LogP contribution is -2.51. The van der Waals surface area contributed by atoms with E-state index in [2.05, 4.69) is 52.2 Å². The predicted molar refractivity (Wildman–Crippen MR) is 118 cm³/mol. The molecule has 0 radical (unpaired) electrons. The molecule has 1 unspecified atom stereocenters. The van der Waals surface area contributed by atoms with Crippen LogP contribution in [0.1, 0.15) is 41.1 Å². The highest BCUT2D eigenvalue weighted by Crippen LogP contribution is 2.44. The Hall–Kier alpha value is -2.79. The molecule has 5 heteroatoms. The van der Waals surface area contributed by atoms with Crippen molar-refractivity contribution in [1.29, 1.82) is 0 Å². The highest BCUT2D eigenvalue weighted by molar-refractivity contribution is 5.97. The first-order valence-electron chi connectivity index (χ1n) is 10.9. The Bertz CT molecular complexity index is 1040. The van der Waals surface area contributed by atoms with Crippen molar-refractivity contribution in [2.45, 2.75) is 25.2 Å². The molecule has 1 amide bonds. The zero-order chi connectivity index (χ0) is 20.6. The lowest BCUT2D eigenvalue weighted by Gasteiger charge is -2.49. The number of benzene rings is 2. The van der Waals surface area contributed by atoms with E-state index in [1.54, 1.807) is 12.4 Å². The number of aromatic nitrogens is 2. The van der Waals surface area contributed by atoms with E-state index in [0.29, 0.717) is 16.9 Å². The molecule has 5 rings (SSSR count). The fourth-order valence-electron chi connectivity index (χ4n) is 5.44. The highest BCUT2D eigenvalue weighted by Gasteiger charge is 2.42. The van der Waals surface area contributed by atoms with Gasteiger partial charge in [0.1, 0.15) is 0 Å². The van der Waals surface area contributed by atoms with Crippen LogP contribution in [0.2, 0.25) is 0 Å². The van der Waals surface area contributed by atoms with E-state index in [-0.39, 0.29) is 5.91 Å². The van der Waals surface area contributed by atoms with Gasteiger partial charge >= 0.3 is 0 Å². The van der Waals surface area contributed by atoms with Crippen molar-refractivity contribution in [3.63, 3.8) is 0 Å². The van der Waals surface area contributed by atoms with Crippen molar-refractivity contribution >= 4 is 16.9 Å². The number of amides is 1. The van der Waals surface area contributed by atoms with Gasteiger partial charge in [-0.05, 0) is 61.4 Å². The maximum atomic E-state index is 13.1. The molecule has 3 aromatic rings. The van der Waals surface area contributed by atoms with Crippen molar-refractivity contribution in [2.75, 3.05) is 33.2 Å². The van der Waals surface area contributed by atoms with Crippen LogP contribution in [0.5, 0.6) is 0 Å². The van der Waals surface area contributed by atoms with Gasteiger partial charge in [0.15, 0.2) is 0 Å².